The van der Waals surface area contributed by atoms with Crippen LogP contribution in [-0.2, 0) is 11.0 Å². The molecule has 1 aromatic heterocycles. The molecule has 0 unspecified atom stereocenters. The molecule has 0 saturated carbocycles. The number of aromatic nitrogens is 1. The molecule has 0 aliphatic carbocycles. The standard InChI is InChI=1S/C11H14F3N3O/c1-10(2,6-8(15)18)17-9-5-3-4-7(16-9)11(12,13)14/h3-5H,6H2,1-2H3,(H2,15,18)(H,16,17). The summed E-state index contributed by atoms with van der Waals surface area (Å²) < 4.78 is 37.3. The van der Waals surface area contributed by atoms with E-state index < -0.39 is 23.3 Å². The second-order valence-corrected chi connectivity index (χ2v) is 4.56. The number of primary amides is 1. The number of pyridine rings is 1. The Morgan fingerprint density at radius 2 is 2.00 bits per heavy atom. The summed E-state index contributed by atoms with van der Waals surface area (Å²) in [5.41, 5.74) is 3.31. The van der Waals surface area contributed by atoms with E-state index in [9.17, 15) is 18.0 Å². The van der Waals surface area contributed by atoms with Crippen molar-refractivity contribution < 1.29 is 18.0 Å². The average Bonchev–Trinajstić information content (AvgIpc) is 2.13. The molecule has 1 amide bonds. The predicted molar refractivity (Wildman–Crippen MR) is 60.8 cm³/mol. The number of amides is 1. The van der Waals surface area contributed by atoms with Crippen LogP contribution in [0.15, 0.2) is 18.2 Å². The van der Waals surface area contributed by atoms with Gasteiger partial charge in [-0.1, -0.05) is 6.07 Å². The molecular formula is C11H14F3N3O. The molecule has 0 aliphatic heterocycles. The van der Waals surface area contributed by atoms with E-state index in [1.54, 1.807) is 13.8 Å². The van der Waals surface area contributed by atoms with Crippen molar-refractivity contribution in [2.75, 3.05) is 5.32 Å². The quantitative estimate of drug-likeness (QED) is 0.872. The molecule has 0 aliphatic rings. The van der Waals surface area contributed by atoms with Gasteiger partial charge in [0.25, 0.3) is 0 Å². The zero-order valence-electron chi connectivity index (χ0n) is 10.0. The Kier molecular flexibility index (Phi) is 3.83. The van der Waals surface area contributed by atoms with Gasteiger partial charge >= 0.3 is 6.18 Å². The number of alkyl halides is 3. The zero-order chi connectivity index (χ0) is 14.0. The van der Waals surface area contributed by atoms with Crippen LogP contribution in [0.2, 0.25) is 0 Å². The Bertz CT molecular complexity index is 443. The van der Waals surface area contributed by atoms with Gasteiger partial charge in [0, 0.05) is 12.0 Å². The zero-order valence-corrected chi connectivity index (χ0v) is 10.0. The van der Waals surface area contributed by atoms with E-state index in [0.29, 0.717) is 0 Å². The van der Waals surface area contributed by atoms with Crippen LogP contribution in [0, 0.1) is 0 Å². The van der Waals surface area contributed by atoms with E-state index in [1.807, 2.05) is 0 Å². The summed E-state index contributed by atoms with van der Waals surface area (Å²) >= 11 is 0. The Morgan fingerprint density at radius 1 is 1.39 bits per heavy atom. The Hall–Kier alpha value is -1.79. The number of halogens is 3. The largest absolute Gasteiger partial charge is 0.433 e. The van der Waals surface area contributed by atoms with Crippen molar-refractivity contribution in [2.24, 2.45) is 5.73 Å². The molecule has 7 heteroatoms. The average molecular weight is 261 g/mol. The third-order valence-electron chi connectivity index (χ3n) is 2.12. The van der Waals surface area contributed by atoms with Crippen LogP contribution in [0.3, 0.4) is 0 Å². The molecule has 0 aromatic carbocycles. The van der Waals surface area contributed by atoms with Crippen LogP contribution >= 0.6 is 0 Å². The highest BCUT2D eigenvalue weighted by Crippen LogP contribution is 2.28. The summed E-state index contributed by atoms with van der Waals surface area (Å²) in [5.74, 6) is -0.490. The number of hydrogen-bond donors (Lipinski definition) is 2. The Balaban J connectivity index is 2.89. The molecule has 1 rings (SSSR count). The summed E-state index contributed by atoms with van der Waals surface area (Å²) in [6, 6.07) is 3.53. The van der Waals surface area contributed by atoms with E-state index in [2.05, 4.69) is 10.3 Å². The minimum absolute atomic E-state index is 0.00900. The Morgan fingerprint density at radius 3 is 2.50 bits per heavy atom. The fourth-order valence-corrected chi connectivity index (χ4v) is 1.49. The highest BCUT2D eigenvalue weighted by Gasteiger charge is 2.32. The van der Waals surface area contributed by atoms with Gasteiger partial charge in [-0.15, -0.1) is 0 Å². The summed E-state index contributed by atoms with van der Waals surface area (Å²) in [6.45, 7) is 3.30. The summed E-state index contributed by atoms with van der Waals surface area (Å²) in [5, 5.41) is 2.75. The van der Waals surface area contributed by atoms with Crippen molar-refractivity contribution in [1.82, 2.24) is 4.98 Å². The van der Waals surface area contributed by atoms with Gasteiger partial charge < -0.3 is 11.1 Å². The molecular weight excluding hydrogens is 247 g/mol. The molecule has 100 valence electrons. The van der Waals surface area contributed by atoms with Crippen LogP contribution in [0.5, 0.6) is 0 Å². The van der Waals surface area contributed by atoms with Crippen LogP contribution < -0.4 is 11.1 Å². The maximum Gasteiger partial charge on any atom is 0.433 e. The first-order valence-electron chi connectivity index (χ1n) is 5.21. The SMILES string of the molecule is CC(C)(CC(N)=O)Nc1cccc(C(F)(F)F)n1. The molecule has 0 saturated heterocycles. The van der Waals surface area contributed by atoms with E-state index >= 15 is 0 Å². The number of nitrogens with zero attached hydrogens (tertiary/aromatic N) is 1. The van der Waals surface area contributed by atoms with Gasteiger partial charge in [0.15, 0.2) is 0 Å². The smallest absolute Gasteiger partial charge is 0.370 e. The molecule has 0 bridgehead atoms. The van der Waals surface area contributed by atoms with Crippen molar-refractivity contribution in [3.05, 3.63) is 23.9 Å². The van der Waals surface area contributed by atoms with Gasteiger partial charge in [-0.3, -0.25) is 4.79 Å². The summed E-state index contributed by atoms with van der Waals surface area (Å²) in [4.78, 5) is 14.3. The number of carbonyl (C=O) groups excluding carboxylic acids is 1. The van der Waals surface area contributed by atoms with Crippen molar-refractivity contribution >= 4 is 11.7 Å². The van der Waals surface area contributed by atoms with E-state index in [0.717, 1.165) is 6.07 Å². The number of hydrogen-bond acceptors (Lipinski definition) is 3. The van der Waals surface area contributed by atoms with E-state index in [-0.39, 0.29) is 12.2 Å². The lowest BCUT2D eigenvalue weighted by Crippen LogP contribution is -2.36. The van der Waals surface area contributed by atoms with Gasteiger partial charge in [-0.2, -0.15) is 13.2 Å². The lowest BCUT2D eigenvalue weighted by atomic mass is 10.0. The minimum atomic E-state index is -4.49. The third kappa shape index (κ3) is 4.23. The normalized spacial score (nSPS) is 12.3. The molecule has 4 nitrogen and oxygen atoms in total. The van der Waals surface area contributed by atoms with Gasteiger partial charge in [-0.05, 0) is 26.0 Å². The molecule has 1 aromatic rings. The first-order chi connectivity index (χ1) is 8.10. The number of nitrogens with two attached hydrogens (primary N) is 1. The van der Waals surface area contributed by atoms with Gasteiger partial charge in [0.2, 0.25) is 5.91 Å². The number of anilines is 1. The monoisotopic (exact) mass is 261 g/mol. The molecule has 0 radical (unpaired) electrons. The molecule has 18 heavy (non-hydrogen) atoms. The molecule has 0 atom stereocenters. The highest BCUT2D eigenvalue weighted by atomic mass is 19.4. The van der Waals surface area contributed by atoms with Gasteiger partial charge in [0.1, 0.15) is 11.5 Å². The third-order valence-corrected chi connectivity index (χ3v) is 2.12. The second kappa shape index (κ2) is 4.83. The van der Waals surface area contributed by atoms with Gasteiger partial charge in [0.05, 0.1) is 0 Å². The number of nitrogens with one attached hydrogen (secondary N) is 1. The fourth-order valence-electron chi connectivity index (χ4n) is 1.49. The lowest BCUT2D eigenvalue weighted by Gasteiger charge is -2.25. The molecule has 0 spiro atoms. The number of carbonyl (C=O) groups is 1. The lowest BCUT2D eigenvalue weighted by molar-refractivity contribution is -0.141. The minimum Gasteiger partial charge on any atom is -0.370 e. The van der Waals surface area contributed by atoms with Gasteiger partial charge in [-0.25, -0.2) is 4.98 Å². The summed E-state index contributed by atoms with van der Waals surface area (Å²) in [7, 11) is 0. The maximum atomic E-state index is 12.4. The van der Waals surface area contributed by atoms with Crippen molar-refractivity contribution in [2.45, 2.75) is 32.0 Å². The fraction of sp³-hybridized carbons (Fsp3) is 0.455. The predicted octanol–water partition coefficient (Wildman–Crippen LogP) is 2.17. The Labute approximate surface area is 102 Å². The maximum absolute atomic E-state index is 12.4. The first-order valence-corrected chi connectivity index (χ1v) is 5.21. The van der Waals surface area contributed by atoms with Crippen LogP contribution in [-0.4, -0.2) is 16.4 Å². The van der Waals surface area contributed by atoms with Crippen molar-refractivity contribution in [3.63, 3.8) is 0 Å². The number of rotatable bonds is 4. The van der Waals surface area contributed by atoms with Crippen molar-refractivity contribution in [3.8, 4) is 0 Å². The van der Waals surface area contributed by atoms with Crippen LogP contribution in [0.1, 0.15) is 26.0 Å². The van der Waals surface area contributed by atoms with Crippen LogP contribution in [0.4, 0.5) is 19.0 Å². The molecule has 1 heterocycles. The first kappa shape index (κ1) is 14.3. The summed E-state index contributed by atoms with van der Waals surface area (Å²) in [6.07, 6.45) is -4.50. The van der Waals surface area contributed by atoms with E-state index in [1.165, 1.54) is 12.1 Å². The van der Waals surface area contributed by atoms with Crippen LogP contribution in [0.25, 0.3) is 0 Å². The topological polar surface area (TPSA) is 68.0 Å². The molecule has 0 fully saturated rings. The van der Waals surface area contributed by atoms with E-state index in [4.69, 9.17) is 5.73 Å². The van der Waals surface area contributed by atoms with Crippen molar-refractivity contribution in [1.29, 1.82) is 0 Å². The highest BCUT2D eigenvalue weighted by molar-refractivity contribution is 5.75. The molecule has 3 N–H and O–H groups in total. The second-order valence-electron chi connectivity index (χ2n) is 4.56.